The fraction of sp³-hybridized carbons (Fsp3) is 0.512. The van der Waals surface area contributed by atoms with Crippen molar-refractivity contribution in [1.82, 2.24) is 0 Å². The summed E-state index contributed by atoms with van der Waals surface area (Å²) >= 11 is 0. The molecule has 2 nitrogen and oxygen atoms in total. The molecule has 0 N–H and O–H groups in total. The van der Waals surface area contributed by atoms with Crippen molar-refractivity contribution in [2.75, 3.05) is 13.2 Å². The van der Waals surface area contributed by atoms with Crippen LogP contribution in [0.3, 0.4) is 0 Å². The van der Waals surface area contributed by atoms with E-state index in [0.717, 1.165) is 65.5 Å². The molecule has 0 saturated carbocycles. The van der Waals surface area contributed by atoms with Gasteiger partial charge in [0.2, 0.25) is 0 Å². The molecule has 2 heteroatoms. The van der Waals surface area contributed by atoms with Crippen LogP contribution in [-0.2, 0) is 15.9 Å². The Bertz CT molecular complexity index is 1420. The normalized spacial score (nSPS) is 14.7. The molecule has 1 fully saturated rings. The maximum Gasteiger partial charge on any atom is 0.186 e. The van der Waals surface area contributed by atoms with Gasteiger partial charge in [0.25, 0.3) is 0 Å². The summed E-state index contributed by atoms with van der Waals surface area (Å²) in [5, 5.41) is 0. The Morgan fingerprint density at radius 2 is 1.12 bits per heavy atom. The quantitative estimate of drug-likeness (QED) is 0.331. The molecule has 0 bridgehead atoms. The van der Waals surface area contributed by atoms with E-state index < -0.39 is 6.29 Å². The maximum absolute atomic E-state index is 6.32. The van der Waals surface area contributed by atoms with Crippen molar-refractivity contribution in [3.05, 3.63) is 69.3 Å². The molecular weight excluding hydrogens is 524 g/mol. The lowest BCUT2D eigenvalue weighted by molar-refractivity contribution is -0.226. The maximum atomic E-state index is 6.32. The van der Waals surface area contributed by atoms with Crippen LogP contribution >= 0.6 is 0 Å². The molecule has 0 amide bonds. The van der Waals surface area contributed by atoms with Gasteiger partial charge in [0, 0.05) is 56.9 Å². The first-order valence-electron chi connectivity index (χ1n) is 15.8. The third kappa shape index (κ3) is 11.7. The first-order chi connectivity index (χ1) is 20.2. The average Bonchev–Trinajstić information content (AvgIpc) is 2.90. The van der Waals surface area contributed by atoms with Crippen LogP contribution in [0, 0.1) is 63.6 Å². The zero-order valence-electron chi connectivity index (χ0n) is 28.2. The minimum absolute atomic E-state index is 0.0340. The van der Waals surface area contributed by atoms with Crippen LogP contribution in [0.1, 0.15) is 140 Å². The lowest BCUT2D eigenvalue weighted by atomic mass is 9.90. The second kappa shape index (κ2) is 14.9. The standard InChI is InChI=1S/C41H50O2/c1-11-13-15-17-31-23-32(18-16-14-12-2)25-33(24-31)26-34-27-35(19-21-39(3,4)5)37(36(28-34)20-22-40(6,7)8)38-42-29-41(9,10)30-43-38/h23-25,27-28,38H,11-14,26,29-30H2,1-10H3. The molecule has 0 atom stereocenters. The Labute approximate surface area is 262 Å². The molecule has 0 aliphatic carbocycles. The second-order valence-electron chi connectivity index (χ2n) is 14.4. The summed E-state index contributed by atoms with van der Waals surface area (Å²) in [7, 11) is 0. The van der Waals surface area contributed by atoms with E-state index >= 15 is 0 Å². The summed E-state index contributed by atoms with van der Waals surface area (Å²) < 4.78 is 12.6. The lowest BCUT2D eigenvalue weighted by Gasteiger charge is -2.35. The molecule has 1 heterocycles. The number of rotatable bonds is 5. The summed E-state index contributed by atoms with van der Waals surface area (Å²) in [6, 6.07) is 10.9. The van der Waals surface area contributed by atoms with Crippen LogP contribution in [0.2, 0.25) is 0 Å². The number of hydrogen-bond donors (Lipinski definition) is 0. The number of unbranched alkanes of at least 4 members (excludes halogenated alkanes) is 2. The Kier molecular flexibility index (Phi) is 11.8. The van der Waals surface area contributed by atoms with Gasteiger partial charge in [-0.1, -0.05) is 75.1 Å². The molecule has 226 valence electrons. The van der Waals surface area contributed by atoms with Crippen LogP contribution in [0.5, 0.6) is 0 Å². The van der Waals surface area contributed by atoms with E-state index in [4.69, 9.17) is 9.47 Å². The lowest BCUT2D eigenvalue weighted by Crippen LogP contribution is -2.34. The molecular formula is C41H50O2. The monoisotopic (exact) mass is 574 g/mol. The van der Waals surface area contributed by atoms with Gasteiger partial charge in [-0.3, -0.25) is 0 Å². The van der Waals surface area contributed by atoms with Crippen molar-refractivity contribution in [3.63, 3.8) is 0 Å². The van der Waals surface area contributed by atoms with E-state index in [1.807, 2.05) is 0 Å². The third-order valence-corrected chi connectivity index (χ3v) is 6.49. The Balaban J connectivity index is 2.20. The van der Waals surface area contributed by atoms with Crippen LogP contribution in [-0.4, -0.2) is 13.2 Å². The van der Waals surface area contributed by atoms with E-state index in [1.165, 1.54) is 5.56 Å². The average molecular weight is 575 g/mol. The summed E-state index contributed by atoms with van der Waals surface area (Å²) in [4.78, 5) is 0. The van der Waals surface area contributed by atoms with E-state index in [2.05, 4.69) is 147 Å². The first kappa shape index (κ1) is 34.1. The smallest absolute Gasteiger partial charge is 0.186 e. The molecule has 1 saturated heterocycles. The van der Waals surface area contributed by atoms with Crippen LogP contribution in [0.25, 0.3) is 0 Å². The molecule has 0 unspecified atom stereocenters. The van der Waals surface area contributed by atoms with Gasteiger partial charge in [-0.15, -0.1) is 0 Å². The van der Waals surface area contributed by atoms with E-state index in [-0.39, 0.29) is 16.2 Å². The summed E-state index contributed by atoms with van der Waals surface area (Å²) in [6.07, 6.45) is 4.08. The second-order valence-corrected chi connectivity index (χ2v) is 14.4. The van der Waals surface area contributed by atoms with E-state index in [0.29, 0.717) is 13.2 Å². The van der Waals surface area contributed by atoms with Gasteiger partial charge in [0.15, 0.2) is 6.29 Å². The fourth-order valence-electron chi connectivity index (χ4n) is 4.40. The van der Waals surface area contributed by atoms with Crippen LogP contribution in [0.15, 0.2) is 30.3 Å². The first-order valence-corrected chi connectivity index (χ1v) is 15.8. The van der Waals surface area contributed by atoms with Gasteiger partial charge in [-0.2, -0.15) is 0 Å². The van der Waals surface area contributed by atoms with Crippen LogP contribution in [0.4, 0.5) is 0 Å². The highest BCUT2D eigenvalue weighted by Gasteiger charge is 2.32. The van der Waals surface area contributed by atoms with Crippen molar-refractivity contribution >= 4 is 0 Å². The topological polar surface area (TPSA) is 18.5 Å². The van der Waals surface area contributed by atoms with Gasteiger partial charge >= 0.3 is 0 Å². The Morgan fingerprint density at radius 1 is 0.674 bits per heavy atom. The predicted octanol–water partition coefficient (Wildman–Crippen LogP) is 9.45. The fourth-order valence-corrected chi connectivity index (χ4v) is 4.40. The molecule has 1 aliphatic rings. The van der Waals surface area contributed by atoms with Crippen molar-refractivity contribution in [2.45, 2.75) is 108 Å². The molecule has 3 rings (SSSR count). The van der Waals surface area contributed by atoms with Crippen molar-refractivity contribution in [1.29, 1.82) is 0 Å². The largest absolute Gasteiger partial charge is 0.348 e. The van der Waals surface area contributed by atoms with Gasteiger partial charge < -0.3 is 9.47 Å². The molecule has 0 aromatic heterocycles. The molecule has 0 radical (unpaired) electrons. The van der Waals surface area contributed by atoms with Gasteiger partial charge in [-0.25, -0.2) is 0 Å². The van der Waals surface area contributed by atoms with E-state index in [9.17, 15) is 0 Å². The highest BCUT2D eigenvalue weighted by Crippen LogP contribution is 2.35. The number of hydrogen-bond acceptors (Lipinski definition) is 2. The molecule has 2 aromatic rings. The van der Waals surface area contributed by atoms with Gasteiger partial charge in [0.1, 0.15) is 0 Å². The van der Waals surface area contributed by atoms with Crippen molar-refractivity contribution < 1.29 is 9.47 Å². The van der Waals surface area contributed by atoms with Gasteiger partial charge in [0.05, 0.1) is 13.2 Å². The van der Waals surface area contributed by atoms with E-state index in [1.54, 1.807) is 0 Å². The Morgan fingerprint density at radius 3 is 1.53 bits per heavy atom. The predicted molar refractivity (Wildman–Crippen MR) is 180 cm³/mol. The SMILES string of the molecule is CCCC#Cc1cc(C#CCCC)cc(Cc2cc(C#CC(C)(C)C)c(C3OCC(C)(C)CO3)c(C#CC(C)(C)C)c2)c1. The van der Waals surface area contributed by atoms with Crippen molar-refractivity contribution in [2.24, 2.45) is 16.2 Å². The number of ether oxygens (including phenoxy) is 2. The minimum Gasteiger partial charge on any atom is -0.348 e. The molecule has 43 heavy (non-hydrogen) atoms. The molecule has 0 spiro atoms. The highest BCUT2D eigenvalue weighted by molar-refractivity contribution is 5.56. The van der Waals surface area contributed by atoms with Crippen molar-refractivity contribution in [3.8, 4) is 47.4 Å². The van der Waals surface area contributed by atoms with Crippen LogP contribution < -0.4 is 0 Å². The van der Waals surface area contributed by atoms with Gasteiger partial charge in [-0.05, 0) is 102 Å². The highest BCUT2D eigenvalue weighted by atomic mass is 16.7. The Hall–Kier alpha value is -3.40. The summed E-state index contributed by atoms with van der Waals surface area (Å²) in [5.74, 6) is 27.2. The summed E-state index contributed by atoms with van der Waals surface area (Å²) in [6.45, 7) is 22.6. The minimum atomic E-state index is -0.506. The number of benzene rings is 2. The zero-order chi connectivity index (χ0) is 31.7. The zero-order valence-corrected chi connectivity index (χ0v) is 28.2. The summed E-state index contributed by atoms with van der Waals surface area (Å²) in [5.41, 5.74) is 6.75. The third-order valence-electron chi connectivity index (χ3n) is 6.49. The molecule has 1 aliphatic heterocycles. The molecule has 2 aromatic carbocycles.